The highest BCUT2D eigenvalue weighted by atomic mass is 35.5. The first kappa shape index (κ1) is 22.1. The monoisotopic (exact) mass is 395 g/mol. The summed E-state index contributed by atoms with van der Waals surface area (Å²) in [6.07, 6.45) is 3.73. The van der Waals surface area contributed by atoms with E-state index in [1.807, 2.05) is 4.90 Å². The van der Waals surface area contributed by atoms with Crippen LogP contribution in [0.3, 0.4) is 0 Å². The molecule has 0 saturated carbocycles. The molecule has 2 fully saturated rings. The van der Waals surface area contributed by atoms with Gasteiger partial charge in [0.2, 0.25) is 5.91 Å². The van der Waals surface area contributed by atoms with Gasteiger partial charge in [0.05, 0.1) is 6.04 Å². The molecule has 4 nitrogen and oxygen atoms in total. The van der Waals surface area contributed by atoms with Crippen LogP contribution in [0.15, 0.2) is 18.2 Å². The van der Waals surface area contributed by atoms with E-state index < -0.39 is 11.6 Å². The van der Waals surface area contributed by atoms with Crippen molar-refractivity contribution in [3.63, 3.8) is 0 Å². The van der Waals surface area contributed by atoms with Gasteiger partial charge < -0.3 is 10.6 Å². The smallest absolute Gasteiger partial charge is 0.237 e. The van der Waals surface area contributed by atoms with Crippen molar-refractivity contribution in [3.05, 3.63) is 35.4 Å². The van der Waals surface area contributed by atoms with Gasteiger partial charge in [0, 0.05) is 24.7 Å². The number of piperidine rings is 1. The molecule has 0 bridgehead atoms. The number of halogens is 4. The van der Waals surface area contributed by atoms with E-state index in [2.05, 4.69) is 10.6 Å². The first-order valence-corrected chi connectivity index (χ1v) is 8.32. The maximum Gasteiger partial charge on any atom is 0.237 e. The number of nitrogens with one attached hydrogen (secondary N) is 2. The summed E-state index contributed by atoms with van der Waals surface area (Å²) < 4.78 is 27.5. The lowest BCUT2D eigenvalue weighted by molar-refractivity contribution is -0.123. The fraction of sp³-hybridized carbons (Fsp3) is 0.588. The number of carbonyl (C=O) groups excluding carboxylic acids is 1. The highest BCUT2D eigenvalue weighted by molar-refractivity contribution is 5.85. The van der Waals surface area contributed by atoms with Crippen LogP contribution in [0.2, 0.25) is 0 Å². The number of rotatable bonds is 4. The molecular weight excluding hydrogens is 371 g/mol. The quantitative estimate of drug-likeness (QED) is 0.823. The summed E-state index contributed by atoms with van der Waals surface area (Å²) >= 11 is 0. The Morgan fingerprint density at radius 1 is 1.20 bits per heavy atom. The molecule has 2 unspecified atom stereocenters. The van der Waals surface area contributed by atoms with E-state index in [4.69, 9.17) is 0 Å². The van der Waals surface area contributed by atoms with E-state index in [0.717, 1.165) is 38.8 Å². The molecule has 0 aliphatic carbocycles. The molecule has 1 aromatic carbocycles. The van der Waals surface area contributed by atoms with Crippen molar-refractivity contribution < 1.29 is 13.6 Å². The van der Waals surface area contributed by atoms with Gasteiger partial charge in [0.25, 0.3) is 0 Å². The molecule has 1 aromatic rings. The minimum atomic E-state index is -0.508. The molecule has 142 valence electrons. The van der Waals surface area contributed by atoms with E-state index in [0.29, 0.717) is 6.54 Å². The van der Waals surface area contributed by atoms with Gasteiger partial charge in [-0.3, -0.25) is 9.69 Å². The molecule has 25 heavy (non-hydrogen) atoms. The van der Waals surface area contributed by atoms with Crippen molar-refractivity contribution >= 4 is 30.7 Å². The molecule has 2 aliphatic heterocycles. The van der Waals surface area contributed by atoms with Crippen molar-refractivity contribution in [2.24, 2.45) is 0 Å². The first-order valence-electron chi connectivity index (χ1n) is 8.32. The molecule has 2 saturated heterocycles. The topological polar surface area (TPSA) is 44.4 Å². The normalized spacial score (nSPS) is 23.4. The zero-order valence-corrected chi connectivity index (χ0v) is 15.6. The number of hydrogen-bond acceptors (Lipinski definition) is 3. The maximum atomic E-state index is 13.8. The summed E-state index contributed by atoms with van der Waals surface area (Å²) in [4.78, 5) is 14.2. The van der Waals surface area contributed by atoms with Crippen molar-refractivity contribution in [1.82, 2.24) is 15.5 Å². The summed E-state index contributed by atoms with van der Waals surface area (Å²) in [6.45, 7) is 2.56. The summed E-state index contributed by atoms with van der Waals surface area (Å²) in [5, 5.41) is 6.26. The van der Waals surface area contributed by atoms with E-state index in [1.165, 1.54) is 18.2 Å². The van der Waals surface area contributed by atoms with Crippen LogP contribution < -0.4 is 10.6 Å². The van der Waals surface area contributed by atoms with Gasteiger partial charge >= 0.3 is 0 Å². The summed E-state index contributed by atoms with van der Waals surface area (Å²) in [5.74, 6) is -0.968. The molecule has 0 aromatic heterocycles. The molecule has 3 rings (SSSR count). The lowest BCUT2D eigenvalue weighted by Crippen LogP contribution is -2.51. The molecule has 2 heterocycles. The van der Waals surface area contributed by atoms with Crippen LogP contribution in [0.25, 0.3) is 0 Å². The van der Waals surface area contributed by atoms with Crippen LogP contribution in [0.4, 0.5) is 8.78 Å². The van der Waals surface area contributed by atoms with E-state index in [-0.39, 0.29) is 54.9 Å². The van der Waals surface area contributed by atoms with Crippen molar-refractivity contribution in [2.75, 3.05) is 19.6 Å². The Hall–Kier alpha value is -0.950. The van der Waals surface area contributed by atoms with Crippen LogP contribution in [-0.2, 0) is 11.3 Å². The maximum absolute atomic E-state index is 13.8. The minimum absolute atomic E-state index is 0. The molecule has 2 N–H and O–H groups in total. The highest BCUT2D eigenvalue weighted by Gasteiger charge is 2.27. The number of likely N-dealkylation sites (tertiary alicyclic amines) is 1. The minimum Gasteiger partial charge on any atom is -0.351 e. The average molecular weight is 396 g/mol. The second-order valence-corrected chi connectivity index (χ2v) is 6.43. The largest absolute Gasteiger partial charge is 0.351 e. The number of nitrogens with zero attached hydrogens (tertiary/aromatic N) is 1. The number of benzene rings is 1. The van der Waals surface area contributed by atoms with Crippen LogP contribution >= 0.6 is 24.8 Å². The van der Waals surface area contributed by atoms with E-state index in [1.54, 1.807) is 0 Å². The molecule has 1 amide bonds. The zero-order valence-electron chi connectivity index (χ0n) is 14.0. The Labute approximate surface area is 159 Å². The molecule has 8 heteroatoms. The third-order valence-electron chi connectivity index (χ3n) is 4.67. The fourth-order valence-electron chi connectivity index (χ4n) is 3.43. The van der Waals surface area contributed by atoms with E-state index in [9.17, 15) is 13.6 Å². The Bertz CT molecular complexity index is 551. The molecule has 0 radical (unpaired) electrons. The van der Waals surface area contributed by atoms with Crippen LogP contribution in [-0.4, -0.2) is 42.5 Å². The predicted molar refractivity (Wildman–Crippen MR) is 98.3 cm³/mol. The van der Waals surface area contributed by atoms with E-state index >= 15 is 0 Å². The van der Waals surface area contributed by atoms with Gasteiger partial charge in [0.15, 0.2) is 0 Å². The Morgan fingerprint density at radius 3 is 2.56 bits per heavy atom. The van der Waals surface area contributed by atoms with Gasteiger partial charge in [-0.15, -0.1) is 24.8 Å². The summed E-state index contributed by atoms with van der Waals surface area (Å²) in [6, 6.07) is 3.91. The lowest BCUT2D eigenvalue weighted by Gasteiger charge is -2.33. The standard InChI is InChI=1S/C17H23F2N3O.2ClH/c18-14-5-1-6-15(19)13(14)11-22-9-3-4-12(10-22)21-17(23)16-7-2-8-20-16;;/h1,5-6,12,16,20H,2-4,7-11H2,(H,21,23);2*1H. The third-order valence-corrected chi connectivity index (χ3v) is 4.67. The number of carbonyl (C=O) groups is 1. The molecule has 2 aliphatic rings. The predicted octanol–water partition coefficient (Wildman–Crippen LogP) is 2.64. The molecular formula is C17H25Cl2F2N3O. The van der Waals surface area contributed by atoms with Gasteiger partial charge in [-0.05, 0) is 50.9 Å². The molecule has 2 atom stereocenters. The second-order valence-electron chi connectivity index (χ2n) is 6.43. The zero-order chi connectivity index (χ0) is 16.2. The first-order chi connectivity index (χ1) is 11.1. The summed E-state index contributed by atoms with van der Waals surface area (Å²) in [5.41, 5.74) is 0.108. The van der Waals surface area contributed by atoms with Crippen LogP contribution in [0.5, 0.6) is 0 Å². The second kappa shape index (κ2) is 10.3. The third kappa shape index (κ3) is 5.78. The SMILES string of the molecule is Cl.Cl.O=C(NC1CCCN(Cc2c(F)cccc2F)C1)C1CCCN1. The highest BCUT2D eigenvalue weighted by Crippen LogP contribution is 2.18. The Kier molecular flexibility index (Phi) is 9.07. The van der Waals surface area contributed by atoms with Crippen molar-refractivity contribution in [2.45, 2.75) is 44.3 Å². The van der Waals surface area contributed by atoms with Gasteiger partial charge in [-0.1, -0.05) is 6.07 Å². The van der Waals surface area contributed by atoms with Crippen molar-refractivity contribution in [3.8, 4) is 0 Å². The Balaban J connectivity index is 0.00000156. The summed E-state index contributed by atoms with van der Waals surface area (Å²) in [7, 11) is 0. The van der Waals surface area contributed by atoms with Crippen LogP contribution in [0, 0.1) is 11.6 Å². The average Bonchev–Trinajstić information content (AvgIpc) is 3.06. The van der Waals surface area contributed by atoms with Crippen molar-refractivity contribution in [1.29, 1.82) is 0 Å². The lowest BCUT2D eigenvalue weighted by atomic mass is 10.0. The molecule has 0 spiro atoms. The fourth-order valence-corrected chi connectivity index (χ4v) is 3.43. The van der Waals surface area contributed by atoms with Gasteiger partial charge in [0.1, 0.15) is 11.6 Å². The Morgan fingerprint density at radius 2 is 1.92 bits per heavy atom. The van der Waals surface area contributed by atoms with Gasteiger partial charge in [-0.2, -0.15) is 0 Å². The number of amides is 1. The van der Waals surface area contributed by atoms with Gasteiger partial charge in [-0.25, -0.2) is 8.78 Å². The van der Waals surface area contributed by atoms with Crippen LogP contribution in [0.1, 0.15) is 31.2 Å². The number of hydrogen-bond donors (Lipinski definition) is 2.